The third-order valence-electron chi connectivity index (χ3n) is 4.46. The topological polar surface area (TPSA) is 67.9 Å². The number of benzene rings is 2. The Kier molecular flexibility index (Phi) is 5.96. The van der Waals surface area contributed by atoms with Crippen LogP contribution in [0, 0.1) is 0 Å². The lowest BCUT2D eigenvalue weighted by Crippen LogP contribution is -2.28. The lowest BCUT2D eigenvalue weighted by atomic mass is 10.1. The maximum Gasteiger partial charge on any atom is 0.253 e. The van der Waals surface area contributed by atoms with E-state index in [1.807, 2.05) is 18.2 Å². The lowest BCUT2D eigenvalue weighted by molar-refractivity contribution is 0.0793. The molecule has 1 aliphatic heterocycles. The fraction of sp³-hybridized carbons (Fsp3) is 0.333. The molecular weight excluding hydrogens is 344 g/mol. The molecule has 0 bridgehead atoms. The van der Waals surface area contributed by atoms with Crippen LogP contribution < -0.4 is 14.8 Å². The van der Waals surface area contributed by atoms with Gasteiger partial charge in [0.15, 0.2) is 11.5 Å². The predicted octanol–water partition coefficient (Wildman–Crippen LogP) is 3.22. The molecule has 0 spiro atoms. The third kappa shape index (κ3) is 4.58. The number of nitrogens with zero attached hydrogens (tertiary/aromatic N) is 1. The highest BCUT2D eigenvalue weighted by molar-refractivity contribution is 5.99. The van der Waals surface area contributed by atoms with Crippen LogP contribution in [-0.4, -0.2) is 37.1 Å². The molecule has 1 aliphatic rings. The molecule has 6 nitrogen and oxygen atoms in total. The largest absolute Gasteiger partial charge is 0.454 e. The molecule has 27 heavy (non-hydrogen) atoms. The standard InChI is InChI=1S/C21H24N2O4/c1-3-4-10-23(2)21(25)17-7-5-6-16(12-17)20(24)22-13-15-8-9-18-19(11-15)27-14-26-18/h5-9,11-12H,3-4,10,13-14H2,1-2H3,(H,22,24). The average Bonchev–Trinajstić information content (AvgIpc) is 3.17. The molecule has 0 unspecified atom stereocenters. The van der Waals surface area contributed by atoms with Crippen molar-refractivity contribution in [3.05, 3.63) is 59.2 Å². The zero-order valence-corrected chi connectivity index (χ0v) is 15.7. The van der Waals surface area contributed by atoms with Crippen LogP contribution in [0.25, 0.3) is 0 Å². The molecule has 2 aromatic carbocycles. The number of hydrogen-bond acceptors (Lipinski definition) is 4. The maximum absolute atomic E-state index is 12.5. The number of carbonyl (C=O) groups excluding carboxylic acids is 2. The molecule has 0 aromatic heterocycles. The van der Waals surface area contributed by atoms with Crippen LogP contribution in [0.15, 0.2) is 42.5 Å². The van der Waals surface area contributed by atoms with Crippen LogP contribution in [0.4, 0.5) is 0 Å². The SMILES string of the molecule is CCCCN(C)C(=O)c1cccc(C(=O)NCc2ccc3c(c2)OCO3)c1. The lowest BCUT2D eigenvalue weighted by Gasteiger charge is -2.17. The van der Waals surface area contributed by atoms with Gasteiger partial charge < -0.3 is 19.7 Å². The molecule has 0 fully saturated rings. The normalized spacial score (nSPS) is 11.9. The van der Waals surface area contributed by atoms with E-state index in [9.17, 15) is 9.59 Å². The smallest absolute Gasteiger partial charge is 0.253 e. The highest BCUT2D eigenvalue weighted by Crippen LogP contribution is 2.32. The number of ether oxygens (including phenoxy) is 2. The Morgan fingerprint density at radius 1 is 1.07 bits per heavy atom. The quantitative estimate of drug-likeness (QED) is 0.815. The minimum absolute atomic E-state index is 0.0751. The Morgan fingerprint density at radius 3 is 2.67 bits per heavy atom. The molecule has 1 heterocycles. The van der Waals surface area contributed by atoms with Crippen molar-refractivity contribution in [2.45, 2.75) is 26.3 Å². The first-order valence-electron chi connectivity index (χ1n) is 9.10. The number of fused-ring (bicyclic) bond motifs is 1. The van der Waals surface area contributed by atoms with Crippen molar-refractivity contribution in [2.24, 2.45) is 0 Å². The van der Waals surface area contributed by atoms with Gasteiger partial charge in [0.1, 0.15) is 0 Å². The van der Waals surface area contributed by atoms with E-state index >= 15 is 0 Å². The van der Waals surface area contributed by atoms with E-state index in [2.05, 4.69) is 12.2 Å². The molecule has 0 radical (unpaired) electrons. The fourth-order valence-electron chi connectivity index (χ4n) is 2.85. The highest BCUT2D eigenvalue weighted by Gasteiger charge is 2.15. The Balaban J connectivity index is 1.62. The van der Waals surface area contributed by atoms with E-state index in [1.54, 1.807) is 36.2 Å². The van der Waals surface area contributed by atoms with Crippen LogP contribution in [-0.2, 0) is 6.54 Å². The summed E-state index contributed by atoms with van der Waals surface area (Å²) in [5, 5.41) is 2.88. The Bertz CT molecular complexity index is 835. The molecule has 2 amide bonds. The monoisotopic (exact) mass is 368 g/mol. The summed E-state index contributed by atoms with van der Waals surface area (Å²) >= 11 is 0. The molecule has 0 saturated carbocycles. The first kappa shape index (κ1) is 18.8. The molecule has 0 saturated heterocycles. The van der Waals surface area contributed by atoms with Gasteiger partial charge in [-0.3, -0.25) is 9.59 Å². The van der Waals surface area contributed by atoms with Crippen molar-refractivity contribution < 1.29 is 19.1 Å². The van der Waals surface area contributed by atoms with Crippen LogP contribution in [0.5, 0.6) is 11.5 Å². The van der Waals surface area contributed by atoms with Gasteiger partial charge in [0.05, 0.1) is 0 Å². The molecule has 6 heteroatoms. The van der Waals surface area contributed by atoms with Gasteiger partial charge in [0.25, 0.3) is 11.8 Å². The van der Waals surface area contributed by atoms with Gasteiger partial charge in [-0.15, -0.1) is 0 Å². The van der Waals surface area contributed by atoms with Gasteiger partial charge in [-0.05, 0) is 42.3 Å². The molecule has 2 aromatic rings. The van der Waals surface area contributed by atoms with E-state index in [4.69, 9.17) is 9.47 Å². The highest BCUT2D eigenvalue weighted by atomic mass is 16.7. The molecular formula is C21H24N2O4. The van der Waals surface area contributed by atoms with Crippen molar-refractivity contribution in [1.29, 1.82) is 0 Å². The average molecular weight is 368 g/mol. The second kappa shape index (κ2) is 8.58. The molecule has 0 atom stereocenters. The van der Waals surface area contributed by atoms with Gasteiger partial charge in [-0.1, -0.05) is 25.5 Å². The number of rotatable bonds is 7. The molecule has 0 aliphatic carbocycles. The number of hydrogen-bond donors (Lipinski definition) is 1. The van der Waals surface area contributed by atoms with Gasteiger partial charge in [0.2, 0.25) is 6.79 Å². The summed E-state index contributed by atoms with van der Waals surface area (Å²) in [5.74, 6) is 1.10. The summed E-state index contributed by atoms with van der Waals surface area (Å²) in [6.07, 6.45) is 1.98. The van der Waals surface area contributed by atoms with Crippen molar-refractivity contribution in [3.63, 3.8) is 0 Å². The summed E-state index contributed by atoms with van der Waals surface area (Å²) < 4.78 is 10.6. The van der Waals surface area contributed by atoms with Gasteiger partial charge in [-0.2, -0.15) is 0 Å². The van der Waals surface area contributed by atoms with E-state index in [0.717, 1.165) is 18.4 Å². The molecule has 1 N–H and O–H groups in total. The van der Waals surface area contributed by atoms with Crippen molar-refractivity contribution in [3.8, 4) is 11.5 Å². The Morgan fingerprint density at radius 2 is 1.85 bits per heavy atom. The van der Waals surface area contributed by atoms with Crippen LogP contribution >= 0.6 is 0 Å². The summed E-state index contributed by atoms with van der Waals surface area (Å²) in [6, 6.07) is 12.4. The Labute approximate surface area is 159 Å². The fourth-order valence-corrected chi connectivity index (χ4v) is 2.85. The predicted molar refractivity (Wildman–Crippen MR) is 102 cm³/mol. The summed E-state index contributed by atoms with van der Waals surface area (Å²) in [7, 11) is 1.78. The van der Waals surface area contributed by atoms with Gasteiger partial charge in [0, 0.05) is 31.3 Å². The third-order valence-corrected chi connectivity index (χ3v) is 4.46. The van der Waals surface area contributed by atoms with E-state index < -0.39 is 0 Å². The zero-order chi connectivity index (χ0) is 19.2. The van der Waals surface area contributed by atoms with Crippen molar-refractivity contribution in [2.75, 3.05) is 20.4 Å². The minimum Gasteiger partial charge on any atom is -0.454 e. The minimum atomic E-state index is -0.224. The first-order chi connectivity index (χ1) is 13.1. The van der Waals surface area contributed by atoms with E-state index in [-0.39, 0.29) is 18.6 Å². The molecule has 3 rings (SSSR count). The second-order valence-corrected chi connectivity index (χ2v) is 6.53. The number of nitrogens with one attached hydrogen (secondary N) is 1. The summed E-state index contributed by atoms with van der Waals surface area (Å²) in [4.78, 5) is 26.6. The Hall–Kier alpha value is -3.02. The van der Waals surface area contributed by atoms with E-state index in [0.29, 0.717) is 35.7 Å². The number of carbonyl (C=O) groups is 2. The second-order valence-electron chi connectivity index (χ2n) is 6.53. The summed E-state index contributed by atoms with van der Waals surface area (Å²) in [5.41, 5.74) is 1.90. The van der Waals surface area contributed by atoms with Crippen LogP contribution in [0.3, 0.4) is 0 Å². The van der Waals surface area contributed by atoms with E-state index in [1.165, 1.54) is 0 Å². The van der Waals surface area contributed by atoms with Crippen LogP contribution in [0.1, 0.15) is 46.0 Å². The van der Waals surface area contributed by atoms with Gasteiger partial charge in [-0.25, -0.2) is 0 Å². The number of unbranched alkanes of at least 4 members (excludes halogenated alkanes) is 1. The first-order valence-corrected chi connectivity index (χ1v) is 9.10. The zero-order valence-electron chi connectivity index (χ0n) is 15.7. The molecule has 142 valence electrons. The number of amides is 2. The summed E-state index contributed by atoms with van der Waals surface area (Å²) in [6.45, 7) is 3.38. The van der Waals surface area contributed by atoms with Crippen molar-refractivity contribution in [1.82, 2.24) is 10.2 Å². The van der Waals surface area contributed by atoms with Crippen molar-refractivity contribution >= 4 is 11.8 Å². The maximum atomic E-state index is 12.5. The van der Waals surface area contributed by atoms with Crippen LogP contribution in [0.2, 0.25) is 0 Å². The van der Waals surface area contributed by atoms with Gasteiger partial charge >= 0.3 is 0 Å².